The van der Waals surface area contributed by atoms with E-state index in [0.29, 0.717) is 29.8 Å². The molecule has 0 radical (unpaired) electrons. The topological polar surface area (TPSA) is 40.5 Å². The minimum atomic E-state index is 0.363. The highest BCUT2D eigenvalue weighted by Gasteiger charge is 2.22. The molecule has 2 aromatic carbocycles. The minimum Gasteiger partial charge on any atom is -0.508 e. The fourth-order valence-corrected chi connectivity index (χ4v) is 5.86. The Bertz CT molecular complexity index is 825. The summed E-state index contributed by atoms with van der Waals surface area (Å²) >= 11 is 0. The zero-order valence-corrected chi connectivity index (χ0v) is 23.6. The molecule has 0 aromatic heterocycles. The molecule has 0 aliphatic carbocycles. The molecule has 196 valence electrons. The van der Waals surface area contributed by atoms with Crippen LogP contribution in [0.3, 0.4) is 0 Å². The number of aryl methyl sites for hydroxylation is 2. The highest BCUT2D eigenvalue weighted by Crippen LogP contribution is 2.40. The van der Waals surface area contributed by atoms with Gasteiger partial charge in [-0.05, 0) is 72.9 Å². The van der Waals surface area contributed by atoms with Gasteiger partial charge in [0.25, 0.3) is 0 Å². The predicted octanol–water partition coefficient (Wildman–Crippen LogP) is 10.2. The molecule has 2 aromatic rings. The SMILES string of the molecule is CCCCCCCC(C)c1c(C)ccc(O)c1Cc1c(O)ccc(C)c1C(C)CCCCCCC. The van der Waals surface area contributed by atoms with E-state index in [1.165, 1.54) is 86.5 Å². The molecule has 2 heteroatoms. The smallest absolute Gasteiger partial charge is 0.119 e. The van der Waals surface area contributed by atoms with Crippen LogP contribution < -0.4 is 0 Å². The molecule has 35 heavy (non-hydrogen) atoms. The van der Waals surface area contributed by atoms with Crippen LogP contribution in [0.4, 0.5) is 0 Å². The average molecular weight is 481 g/mol. The van der Waals surface area contributed by atoms with Crippen molar-refractivity contribution in [3.8, 4) is 11.5 Å². The molecule has 0 fully saturated rings. The van der Waals surface area contributed by atoms with Crippen molar-refractivity contribution in [3.63, 3.8) is 0 Å². The highest BCUT2D eigenvalue weighted by molar-refractivity contribution is 5.53. The molecule has 2 rings (SSSR count). The van der Waals surface area contributed by atoms with Crippen molar-refractivity contribution in [3.05, 3.63) is 57.6 Å². The largest absolute Gasteiger partial charge is 0.508 e. The second kappa shape index (κ2) is 15.2. The Kier molecular flexibility index (Phi) is 12.7. The fourth-order valence-electron chi connectivity index (χ4n) is 5.86. The third-order valence-electron chi connectivity index (χ3n) is 7.92. The molecular weight excluding hydrogens is 428 g/mol. The van der Waals surface area contributed by atoms with Crippen molar-refractivity contribution in [1.82, 2.24) is 0 Å². The van der Waals surface area contributed by atoms with Crippen molar-refractivity contribution in [2.24, 2.45) is 0 Å². The predicted molar refractivity (Wildman–Crippen MR) is 152 cm³/mol. The molecule has 0 aliphatic heterocycles. The lowest BCUT2D eigenvalue weighted by atomic mass is 9.81. The van der Waals surface area contributed by atoms with E-state index in [1.807, 2.05) is 12.1 Å². The molecule has 0 bridgehead atoms. The van der Waals surface area contributed by atoms with Crippen LogP contribution in [0, 0.1) is 13.8 Å². The third-order valence-corrected chi connectivity index (χ3v) is 7.92. The molecule has 0 spiro atoms. The van der Waals surface area contributed by atoms with E-state index in [4.69, 9.17) is 0 Å². The molecule has 2 nitrogen and oxygen atoms in total. The molecule has 0 amide bonds. The van der Waals surface area contributed by atoms with Crippen LogP contribution in [0.2, 0.25) is 0 Å². The van der Waals surface area contributed by atoms with Crippen molar-refractivity contribution < 1.29 is 10.2 Å². The monoisotopic (exact) mass is 480 g/mol. The van der Waals surface area contributed by atoms with Gasteiger partial charge >= 0.3 is 0 Å². The van der Waals surface area contributed by atoms with Crippen molar-refractivity contribution in [1.29, 1.82) is 0 Å². The Morgan fingerprint density at radius 2 is 0.943 bits per heavy atom. The molecule has 2 atom stereocenters. The van der Waals surface area contributed by atoms with E-state index >= 15 is 0 Å². The van der Waals surface area contributed by atoms with Gasteiger partial charge in [-0.25, -0.2) is 0 Å². The molecule has 0 saturated heterocycles. The number of rotatable bonds is 16. The van der Waals surface area contributed by atoms with Gasteiger partial charge < -0.3 is 10.2 Å². The summed E-state index contributed by atoms with van der Waals surface area (Å²) in [5.74, 6) is 1.51. The average Bonchev–Trinajstić information content (AvgIpc) is 2.83. The van der Waals surface area contributed by atoms with Gasteiger partial charge in [-0.15, -0.1) is 0 Å². The van der Waals surface area contributed by atoms with Gasteiger partial charge in [0.2, 0.25) is 0 Å². The number of phenols is 2. The maximum Gasteiger partial charge on any atom is 0.119 e. The quantitative estimate of drug-likeness (QED) is 0.235. The summed E-state index contributed by atoms with van der Waals surface area (Å²) in [6, 6.07) is 7.78. The van der Waals surface area contributed by atoms with Gasteiger partial charge in [0.15, 0.2) is 0 Å². The lowest BCUT2D eigenvalue weighted by molar-refractivity contribution is 0.458. The molecule has 0 heterocycles. The van der Waals surface area contributed by atoms with Gasteiger partial charge in [0.05, 0.1) is 0 Å². The summed E-state index contributed by atoms with van der Waals surface area (Å²) in [4.78, 5) is 0. The molecule has 2 N–H and O–H groups in total. The zero-order valence-electron chi connectivity index (χ0n) is 23.6. The number of benzene rings is 2. The van der Waals surface area contributed by atoms with Crippen LogP contribution in [-0.2, 0) is 6.42 Å². The van der Waals surface area contributed by atoms with Crippen molar-refractivity contribution in [2.75, 3.05) is 0 Å². The minimum absolute atomic E-state index is 0.363. The molecule has 0 aliphatic rings. The lowest BCUT2D eigenvalue weighted by Gasteiger charge is -2.24. The summed E-state index contributed by atoms with van der Waals surface area (Å²) in [5.41, 5.74) is 7.05. The maximum atomic E-state index is 11.0. The first-order chi connectivity index (χ1) is 16.8. The Morgan fingerprint density at radius 3 is 1.31 bits per heavy atom. The van der Waals surface area contributed by atoms with E-state index < -0.39 is 0 Å². The summed E-state index contributed by atoms with van der Waals surface area (Å²) < 4.78 is 0. The number of unbranched alkanes of at least 4 members (excludes halogenated alkanes) is 8. The van der Waals surface area contributed by atoms with Crippen LogP contribution in [0.1, 0.15) is 150 Å². The molecule has 2 unspecified atom stereocenters. The van der Waals surface area contributed by atoms with Crippen LogP contribution in [0.15, 0.2) is 24.3 Å². The second-order valence-electron chi connectivity index (χ2n) is 11.0. The summed E-state index contributed by atoms with van der Waals surface area (Å²) in [7, 11) is 0. The first-order valence-corrected chi connectivity index (χ1v) is 14.4. The van der Waals surface area contributed by atoms with Crippen LogP contribution in [-0.4, -0.2) is 10.2 Å². The standard InChI is InChI=1S/C33H52O2/c1-7-9-11-13-15-17-24(3)32-26(5)19-21-30(34)28(32)23-29-31(35)22-20-27(6)33(29)25(4)18-16-14-12-10-8-2/h19-22,24-25,34-35H,7-18,23H2,1-6H3. The second-order valence-corrected chi connectivity index (χ2v) is 11.0. The Morgan fingerprint density at radius 1 is 0.571 bits per heavy atom. The van der Waals surface area contributed by atoms with E-state index in [2.05, 4.69) is 53.7 Å². The van der Waals surface area contributed by atoms with Crippen LogP contribution >= 0.6 is 0 Å². The Balaban J connectivity index is 2.30. The van der Waals surface area contributed by atoms with E-state index in [-0.39, 0.29) is 0 Å². The van der Waals surface area contributed by atoms with Crippen molar-refractivity contribution in [2.45, 2.75) is 137 Å². The first-order valence-electron chi connectivity index (χ1n) is 14.4. The molecular formula is C33H52O2. The normalized spacial score (nSPS) is 13.2. The maximum absolute atomic E-state index is 11.0. The van der Waals surface area contributed by atoms with Gasteiger partial charge in [-0.3, -0.25) is 0 Å². The van der Waals surface area contributed by atoms with Gasteiger partial charge in [-0.1, -0.05) is 104 Å². The number of hydrogen-bond acceptors (Lipinski definition) is 2. The van der Waals surface area contributed by atoms with E-state index in [1.54, 1.807) is 0 Å². The summed E-state index contributed by atoms with van der Waals surface area (Å²) in [6.45, 7) is 13.5. The van der Waals surface area contributed by atoms with Gasteiger partial charge in [0.1, 0.15) is 11.5 Å². The lowest BCUT2D eigenvalue weighted by Crippen LogP contribution is -2.08. The van der Waals surface area contributed by atoms with Crippen LogP contribution in [0.5, 0.6) is 11.5 Å². The number of phenolic OH excluding ortho intramolecular Hbond substituents is 2. The fraction of sp³-hybridized carbons (Fsp3) is 0.636. The van der Waals surface area contributed by atoms with Gasteiger partial charge in [-0.2, -0.15) is 0 Å². The van der Waals surface area contributed by atoms with Gasteiger partial charge in [0, 0.05) is 17.5 Å². The zero-order chi connectivity index (χ0) is 25.8. The first kappa shape index (κ1) is 29.3. The van der Waals surface area contributed by atoms with E-state index in [0.717, 1.165) is 24.0 Å². The molecule has 0 saturated carbocycles. The number of aromatic hydroxyl groups is 2. The van der Waals surface area contributed by atoms with Crippen molar-refractivity contribution >= 4 is 0 Å². The summed E-state index contributed by atoms with van der Waals surface area (Å²) in [5, 5.41) is 22.0. The van der Waals surface area contributed by atoms with E-state index in [9.17, 15) is 10.2 Å². The highest BCUT2D eigenvalue weighted by atomic mass is 16.3. The Labute approximate surface area is 216 Å². The third kappa shape index (κ3) is 8.58. The summed E-state index contributed by atoms with van der Waals surface area (Å²) in [6.07, 6.45) is 15.7. The number of hydrogen-bond donors (Lipinski definition) is 2. The Hall–Kier alpha value is -1.96. The van der Waals surface area contributed by atoms with Crippen LogP contribution in [0.25, 0.3) is 0 Å².